The molecule has 0 saturated carbocycles. The smallest absolute Gasteiger partial charge is 0.235 e. The maximum atomic E-state index is 10.4. The maximum absolute atomic E-state index is 10.4. The van der Waals surface area contributed by atoms with Crippen LogP contribution in [-0.2, 0) is 6.61 Å². The summed E-state index contributed by atoms with van der Waals surface area (Å²) >= 11 is 6.19. The zero-order chi connectivity index (χ0) is 17.5. The standard InChI is InChI=1S/C17H13ClN2O4/c1-23-16-9-12(6-7-20(21)22)8-15(18)17(16)24-11-14-5-3-2-4-13(14)10-19/h2-9H,11H2,1H3. The minimum atomic E-state index is -0.566. The Morgan fingerprint density at radius 1 is 1.38 bits per heavy atom. The highest BCUT2D eigenvalue weighted by Crippen LogP contribution is 2.37. The molecule has 0 aliphatic carbocycles. The van der Waals surface area contributed by atoms with Crippen molar-refractivity contribution in [3.05, 3.63) is 74.4 Å². The van der Waals surface area contributed by atoms with Gasteiger partial charge in [0.05, 0.1) is 28.7 Å². The zero-order valence-corrected chi connectivity index (χ0v) is 13.5. The minimum Gasteiger partial charge on any atom is -0.493 e. The Labute approximate surface area is 143 Å². The Morgan fingerprint density at radius 2 is 2.12 bits per heavy atom. The second-order valence-corrected chi connectivity index (χ2v) is 5.10. The molecular formula is C17H13ClN2O4. The van der Waals surface area contributed by atoms with E-state index in [-0.39, 0.29) is 11.6 Å². The average Bonchev–Trinajstić information content (AvgIpc) is 2.58. The van der Waals surface area contributed by atoms with Crippen molar-refractivity contribution in [3.8, 4) is 17.6 Å². The molecule has 0 fully saturated rings. The summed E-state index contributed by atoms with van der Waals surface area (Å²) in [6, 6.07) is 12.3. The van der Waals surface area contributed by atoms with Crippen molar-refractivity contribution in [2.45, 2.75) is 6.61 Å². The molecule has 0 N–H and O–H groups in total. The number of hydrogen-bond acceptors (Lipinski definition) is 5. The van der Waals surface area contributed by atoms with Gasteiger partial charge in [-0.05, 0) is 23.8 Å². The highest BCUT2D eigenvalue weighted by molar-refractivity contribution is 6.32. The first-order chi connectivity index (χ1) is 11.5. The molecule has 0 atom stereocenters. The van der Waals surface area contributed by atoms with Gasteiger partial charge in [-0.3, -0.25) is 10.1 Å². The summed E-state index contributed by atoms with van der Waals surface area (Å²) in [4.78, 5) is 9.84. The number of hydrogen-bond donors (Lipinski definition) is 0. The summed E-state index contributed by atoms with van der Waals surface area (Å²) in [6.45, 7) is 0.143. The zero-order valence-electron chi connectivity index (χ0n) is 12.7. The van der Waals surface area contributed by atoms with Crippen molar-refractivity contribution < 1.29 is 14.4 Å². The fraction of sp³-hybridized carbons (Fsp3) is 0.118. The van der Waals surface area contributed by atoms with E-state index in [0.29, 0.717) is 22.6 Å². The normalized spacial score (nSPS) is 10.4. The summed E-state index contributed by atoms with van der Waals surface area (Å²) in [5.74, 6) is 0.657. The molecule has 0 aliphatic heterocycles. The van der Waals surface area contributed by atoms with E-state index in [1.54, 1.807) is 24.3 Å². The predicted octanol–water partition coefficient (Wildman–Crippen LogP) is 4.05. The molecule has 2 rings (SSSR count). The number of halogens is 1. The van der Waals surface area contributed by atoms with Gasteiger partial charge in [0, 0.05) is 11.6 Å². The molecule has 2 aromatic carbocycles. The molecule has 6 nitrogen and oxygen atoms in total. The number of methoxy groups -OCH3 is 1. The Morgan fingerprint density at radius 3 is 2.79 bits per heavy atom. The van der Waals surface area contributed by atoms with E-state index >= 15 is 0 Å². The Balaban J connectivity index is 2.27. The van der Waals surface area contributed by atoms with Gasteiger partial charge in [0.15, 0.2) is 11.5 Å². The Kier molecular flexibility index (Phi) is 5.77. The maximum Gasteiger partial charge on any atom is 0.235 e. The van der Waals surface area contributed by atoms with Gasteiger partial charge in [-0.25, -0.2) is 0 Å². The number of benzene rings is 2. The van der Waals surface area contributed by atoms with Gasteiger partial charge in [-0.1, -0.05) is 29.8 Å². The lowest BCUT2D eigenvalue weighted by Gasteiger charge is -2.13. The first-order valence-electron chi connectivity index (χ1n) is 6.85. The number of nitrogens with zero attached hydrogens (tertiary/aromatic N) is 2. The van der Waals surface area contributed by atoms with E-state index in [0.717, 1.165) is 11.8 Å². The van der Waals surface area contributed by atoms with Gasteiger partial charge < -0.3 is 9.47 Å². The monoisotopic (exact) mass is 344 g/mol. The van der Waals surface area contributed by atoms with Crippen molar-refractivity contribution >= 4 is 17.7 Å². The van der Waals surface area contributed by atoms with Crippen LogP contribution < -0.4 is 9.47 Å². The molecule has 0 heterocycles. The summed E-state index contributed by atoms with van der Waals surface area (Å²) in [5.41, 5.74) is 1.74. The fourth-order valence-electron chi connectivity index (χ4n) is 2.03. The lowest BCUT2D eigenvalue weighted by molar-refractivity contribution is -0.400. The van der Waals surface area contributed by atoms with Gasteiger partial charge in [0.1, 0.15) is 6.61 Å². The number of nitriles is 1. The van der Waals surface area contributed by atoms with E-state index in [9.17, 15) is 10.1 Å². The molecule has 2 aromatic rings. The summed E-state index contributed by atoms with van der Waals surface area (Å²) in [5, 5.41) is 19.8. The second kappa shape index (κ2) is 7.99. The second-order valence-electron chi connectivity index (χ2n) is 4.69. The third kappa shape index (κ3) is 4.24. The van der Waals surface area contributed by atoms with Crippen molar-refractivity contribution in [3.63, 3.8) is 0 Å². The van der Waals surface area contributed by atoms with E-state index in [1.165, 1.54) is 19.3 Å². The molecule has 122 valence electrons. The third-order valence-corrected chi connectivity index (χ3v) is 3.43. The van der Waals surface area contributed by atoms with Crippen LogP contribution in [0, 0.1) is 21.4 Å². The summed E-state index contributed by atoms with van der Waals surface area (Å²) < 4.78 is 10.9. The average molecular weight is 345 g/mol. The van der Waals surface area contributed by atoms with Crippen molar-refractivity contribution in [2.75, 3.05) is 7.11 Å². The topological polar surface area (TPSA) is 85.4 Å². The highest BCUT2D eigenvalue weighted by atomic mass is 35.5. The molecule has 24 heavy (non-hydrogen) atoms. The van der Waals surface area contributed by atoms with Crippen LogP contribution in [0.2, 0.25) is 5.02 Å². The van der Waals surface area contributed by atoms with Crippen LogP contribution in [0.15, 0.2) is 42.6 Å². The van der Waals surface area contributed by atoms with Gasteiger partial charge in [0.2, 0.25) is 6.20 Å². The van der Waals surface area contributed by atoms with E-state index < -0.39 is 4.92 Å². The van der Waals surface area contributed by atoms with Crippen LogP contribution in [0.25, 0.3) is 6.08 Å². The van der Waals surface area contributed by atoms with Crippen molar-refractivity contribution in [1.82, 2.24) is 0 Å². The molecule has 0 saturated heterocycles. The van der Waals surface area contributed by atoms with E-state index in [4.69, 9.17) is 26.3 Å². The quantitative estimate of drug-likeness (QED) is 0.583. The summed E-state index contributed by atoms with van der Waals surface area (Å²) in [6.07, 6.45) is 2.12. The number of rotatable bonds is 6. The van der Waals surface area contributed by atoms with Crippen LogP contribution in [0.1, 0.15) is 16.7 Å². The molecule has 0 spiro atoms. The van der Waals surface area contributed by atoms with Crippen molar-refractivity contribution in [1.29, 1.82) is 5.26 Å². The first kappa shape index (κ1) is 17.3. The molecule has 7 heteroatoms. The molecule has 0 amide bonds. The van der Waals surface area contributed by atoms with Gasteiger partial charge >= 0.3 is 0 Å². The van der Waals surface area contributed by atoms with Gasteiger partial charge in [-0.15, -0.1) is 0 Å². The molecular weight excluding hydrogens is 332 g/mol. The van der Waals surface area contributed by atoms with E-state index in [2.05, 4.69) is 6.07 Å². The highest BCUT2D eigenvalue weighted by Gasteiger charge is 2.13. The Bertz CT molecular complexity index is 828. The predicted molar refractivity (Wildman–Crippen MR) is 89.5 cm³/mol. The number of ether oxygens (including phenoxy) is 2. The first-order valence-corrected chi connectivity index (χ1v) is 7.23. The lowest BCUT2D eigenvalue weighted by atomic mass is 10.1. The number of nitro groups is 1. The SMILES string of the molecule is COc1cc(C=C[N+](=O)[O-])cc(Cl)c1OCc1ccccc1C#N. The molecule has 0 aliphatic rings. The molecule has 0 aromatic heterocycles. The van der Waals surface area contributed by atoms with Gasteiger partial charge in [0.25, 0.3) is 0 Å². The summed E-state index contributed by atoms with van der Waals surface area (Å²) in [7, 11) is 1.45. The van der Waals surface area contributed by atoms with Crippen LogP contribution >= 0.6 is 11.6 Å². The van der Waals surface area contributed by atoms with Gasteiger partial charge in [-0.2, -0.15) is 5.26 Å². The van der Waals surface area contributed by atoms with Crippen LogP contribution in [0.3, 0.4) is 0 Å². The third-order valence-electron chi connectivity index (χ3n) is 3.15. The van der Waals surface area contributed by atoms with Crippen molar-refractivity contribution in [2.24, 2.45) is 0 Å². The molecule has 0 unspecified atom stereocenters. The lowest BCUT2D eigenvalue weighted by Crippen LogP contribution is -2.01. The Hall–Kier alpha value is -3.04. The minimum absolute atomic E-state index is 0.143. The molecule has 0 bridgehead atoms. The largest absolute Gasteiger partial charge is 0.493 e. The fourth-order valence-corrected chi connectivity index (χ4v) is 2.30. The van der Waals surface area contributed by atoms with Crippen LogP contribution in [-0.4, -0.2) is 12.0 Å². The van der Waals surface area contributed by atoms with Crippen LogP contribution in [0.4, 0.5) is 0 Å². The van der Waals surface area contributed by atoms with E-state index in [1.807, 2.05) is 6.07 Å². The van der Waals surface area contributed by atoms with Crippen LogP contribution in [0.5, 0.6) is 11.5 Å². The molecule has 0 radical (unpaired) electrons.